The molecule has 0 amide bonds. The van der Waals surface area contributed by atoms with Gasteiger partial charge in [-0.3, -0.25) is 9.79 Å². The SMILES string of the molecule is CCCOC(=O)C1=C(C)N=C2CC(C)(C)CC(=O)[C@@H]2[C@@H]1c1ccc(O)cc1. The van der Waals surface area contributed by atoms with Crippen LogP contribution in [0, 0.1) is 11.3 Å². The molecular weight excluding hydrogens is 342 g/mol. The maximum absolute atomic E-state index is 13.1. The summed E-state index contributed by atoms with van der Waals surface area (Å²) in [7, 11) is 0. The van der Waals surface area contributed by atoms with Gasteiger partial charge >= 0.3 is 5.97 Å². The van der Waals surface area contributed by atoms with Gasteiger partial charge in [-0.1, -0.05) is 32.9 Å². The number of esters is 1. The Morgan fingerprint density at radius 3 is 2.52 bits per heavy atom. The van der Waals surface area contributed by atoms with Crippen molar-refractivity contribution in [1.82, 2.24) is 0 Å². The van der Waals surface area contributed by atoms with E-state index >= 15 is 0 Å². The van der Waals surface area contributed by atoms with E-state index < -0.39 is 17.8 Å². The largest absolute Gasteiger partial charge is 0.508 e. The predicted molar refractivity (Wildman–Crippen MR) is 104 cm³/mol. The fourth-order valence-corrected chi connectivity index (χ4v) is 4.17. The fraction of sp³-hybridized carbons (Fsp3) is 0.500. The fourth-order valence-electron chi connectivity index (χ4n) is 4.17. The quantitative estimate of drug-likeness (QED) is 0.809. The summed E-state index contributed by atoms with van der Waals surface area (Å²) in [5.74, 6) is -1.03. The second-order valence-corrected chi connectivity index (χ2v) is 8.27. The molecule has 1 saturated carbocycles. The number of phenols is 1. The Balaban J connectivity index is 2.12. The lowest BCUT2D eigenvalue weighted by Gasteiger charge is -2.41. The van der Waals surface area contributed by atoms with Crippen LogP contribution in [0.25, 0.3) is 0 Å². The van der Waals surface area contributed by atoms with Gasteiger partial charge in [-0.15, -0.1) is 0 Å². The van der Waals surface area contributed by atoms with Crippen molar-refractivity contribution in [2.75, 3.05) is 6.61 Å². The van der Waals surface area contributed by atoms with Crippen molar-refractivity contribution >= 4 is 17.5 Å². The molecule has 0 radical (unpaired) electrons. The molecule has 0 aromatic heterocycles. The summed E-state index contributed by atoms with van der Waals surface area (Å²) in [5.41, 5.74) is 2.61. The van der Waals surface area contributed by atoms with E-state index in [1.54, 1.807) is 24.3 Å². The highest BCUT2D eigenvalue weighted by molar-refractivity contribution is 6.12. The molecule has 2 aliphatic rings. The summed E-state index contributed by atoms with van der Waals surface area (Å²) < 4.78 is 5.41. The molecule has 1 N–H and O–H groups in total. The van der Waals surface area contributed by atoms with E-state index in [-0.39, 0.29) is 16.9 Å². The van der Waals surface area contributed by atoms with Crippen LogP contribution in [-0.4, -0.2) is 29.2 Å². The normalized spacial score (nSPS) is 24.3. The first kappa shape index (κ1) is 19.3. The number of hydrogen-bond donors (Lipinski definition) is 1. The molecule has 1 heterocycles. The summed E-state index contributed by atoms with van der Waals surface area (Å²) in [6.07, 6.45) is 1.92. The van der Waals surface area contributed by atoms with Crippen LogP contribution >= 0.6 is 0 Å². The number of fused-ring (bicyclic) bond motifs is 1. The molecule has 1 aliphatic carbocycles. The maximum atomic E-state index is 13.1. The van der Waals surface area contributed by atoms with E-state index in [4.69, 9.17) is 4.74 Å². The van der Waals surface area contributed by atoms with Crippen molar-refractivity contribution in [3.8, 4) is 5.75 Å². The van der Waals surface area contributed by atoms with E-state index in [1.165, 1.54) is 0 Å². The number of phenolic OH excluding ortho intramolecular Hbond substituents is 1. The Morgan fingerprint density at radius 1 is 1.22 bits per heavy atom. The summed E-state index contributed by atoms with van der Waals surface area (Å²) >= 11 is 0. The van der Waals surface area contributed by atoms with Gasteiger partial charge in [-0.25, -0.2) is 4.79 Å². The van der Waals surface area contributed by atoms with Gasteiger partial charge in [0.2, 0.25) is 0 Å². The second-order valence-electron chi connectivity index (χ2n) is 8.27. The maximum Gasteiger partial charge on any atom is 0.336 e. The Kier molecular flexibility index (Phi) is 5.22. The van der Waals surface area contributed by atoms with Crippen LogP contribution in [0.2, 0.25) is 0 Å². The van der Waals surface area contributed by atoms with Crippen LogP contribution in [0.3, 0.4) is 0 Å². The summed E-state index contributed by atoms with van der Waals surface area (Å²) in [6, 6.07) is 6.72. The minimum Gasteiger partial charge on any atom is -0.508 e. The lowest BCUT2D eigenvalue weighted by atomic mass is 9.63. The van der Waals surface area contributed by atoms with E-state index in [0.29, 0.717) is 24.3 Å². The summed E-state index contributed by atoms with van der Waals surface area (Å²) in [5, 5.41) is 9.66. The van der Waals surface area contributed by atoms with Crippen LogP contribution in [-0.2, 0) is 14.3 Å². The molecule has 5 heteroatoms. The second kappa shape index (κ2) is 7.29. The molecule has 0 bridgehead atoms. The Hall–Kier alpha value is -2.43. The van der Waals surface area contributed by atoms with Crippen molar-refractivity contribution in [3.05, 3.63) is 41.1 Å². The van der Waals surface area contributed by atoms with Gasteiger partial charge in [-0.05, 0) is 42.9 Å². The molecule has 1 aliphatic heterocycles. The first-order valence-electron chi connectivity index (χ1n) is 9.50. The minimum absolute atomic E-state index is 0.108. The van der Waals surface area contributed by atoms with Gasteiger partial charge < -0.3 is 9.84 Å². The number of Topliss-reactive ketones (excluding diaryl/α,β-unsaturated/α-hetero) is 1. The van der Waals surface area contributed by atoms with Crippen molar-refractivity contribution in [2.45, 2.75) is 52.9 Å². The number of aromatic hydroxyl groups is 1. The molecule has 1 aromatic carbocycles. The third kappa shape index (κ3) is 3.82. The van der Waals surface area contributed by atoms with E-state index in [9.17, 15) is 14.7 Å². The smallest absolute Gasteiger partial charge is 0.336 e. The zero-order chi connectivity index (χ0) is 19.8. The number of benzene rings is 1. The zero-order valence-corrected chi connectivity index (χ0v) is 16.4. The van der Waals surface area contributed by atoms with Gasteiger partial charge in [0.05, 0.1) is 18.1 Å². The van der Waals surface area contributed by atoms with Gasteiger partial charge in [0.1, 0.15) is 11.5 Å². The standard InChI is InChI=1S/C22H27NO4/c1-5-10-27-21(26)18-13(2)23-16-11-22(3,4)12-17(25)20(16)19(18)14-6-8-15(24)9-7-14/h6-9,19-20,24H,5,10-12H2,1-4H3/t19-,20-/m1/s1. The number of hydrogen-bond acceptors (Lipinski definition) is 5. The summed E-state index contributed by atoms with van der Waals surface area (Å²) in [6.45, 7) is 8.23. The Morgan fingerprint density at radius 2 is 1.89 bits per heavy atom. The van der Waals surface area contributed by atoms with Crippen LogP contribution in [0.1, 0.15) is 58.4 Å². The van der Waals surface area contributed by atoms with Crippen LogP contribution < -0.4 is 0 Å². The number of nitrogens with zero attached hydrogens (tertiary/aromatic N) is 1. The number of ketones is 1. The summed E-state index contributed by atoms with van der Waals surface area (Å²) in [4.78, 5) is 30.6. The average Bonchev–Trinajstić information content (AvgIpc) is 2.58. The molecule has 3 rings (SSSR count). The lowest BCUT2D eigenvalue weighted by Crippen LogP contribution is -2.44. The van der Waals surface area contributed by atoms with Gasteiger partial charge in [0.25, 0.3) is 0 Å². The number of ether oxygens (including phenoxy) is 1. The molecule has 1 aromatic rings. The average molecular weight is 369 g/mol. The molecule has 1 fully saturated rings. The third-order valence-electron chi connectivity index (χ3n) is 5.27. The van der Waals surface area contributed by atoms with Crippen LogP contribution in [0.15, 0.2) is 40.5 Å². The minimum atomic E-state index is -0.449. The van der Waals surface area contributed by atoms with Gasteiger partial charge in [0.15, 0.2) is 0 Å². The van der Waals surface area contributed by atoms with E-state index in [0.717, 1.165) is 24.1 Å². The van der Waals surface area contributed by atoms with Crippen LogP contribution in [0.4, 0.5) is 0 Å². The van der Waals surface area contributed by atoms with Crippen molar-refractivity contribution in [1.29, 1.82) is 0 Å². The predicted octanol–water partition coefficient (Wildman–Crippen LogP) is 4.16. The van der Waals surface area contributed by atoms with E-state index in [2.05, 4.69) is 18.8 Å². The molecular formula is C22H27NO4. The Labute approximate surface area is 160 Å². The highest BCUT2D eigenvalue weighted by Crippen LogP contribution is 2.47. The molecule has 0 saturated heterocycles. The van der Waals surface area contributed by atoms with Crippen molar-refractivity contribution < 1.29 is 19.4 Å². The highest BCUT2D eigenvalue weighted by Gasteiger charge is 2.47. The molecule has 0 spiro atoms. The van der Waals surface area contributed by atoms with Crippen molar-refractivity contribution in [2.24, 2.45) is 16.3 Å². The number of allylic oxidation sites excluding steroid dienone is 1. The zero-order valence-electron chi connectivity index (χ0n) is 16.4. The van der Waals surface area contributed by atoms with Crippen LogP contribution in [0.5, 0.6) is 5.75 Å². The third-order valence-corrected chi connectivity index (χ3v) is 5.27. The first-order valence-corrected chi connectivity index (χ1v) is 9.50. The van der Waals surface area contributed by atoms with Gasteiger partial charge in [-0.2, -0.15) is 0 Å². The number of rotatable bonds is 4. The highest BCUT2D eigenvalue weighted by atomic mass is 16.5. The molecule has 144 valence electrons. The molecule has 0 unspecified atom stereocenters. The number of carbonyl (C=O) groups is 2. The first-order chi connectivity index (χ1) is 12.7. The molecule has 2 atom stereocenters. The van der Waals surface area contributed by atoms with E-state index in [1.807, 2.05) is 13.8 Å². The monoisotopic (exact) mass is 369 g/mol. The topological polar surface area (TPSA) is 76.0 Å². The Bertz CT molecular complexity index is 817. The van der Waals surface area contributed by atoms with Crippen molar-refractivity contribution in [3.63, 3.8) is 0 Å². The molecule has 5 nitrogen and oxygen atoms in total. The number of carbonyl (C=O) groups excluding carboxylic acids is 2. The number of aliphatic imine (C=N–C) groups is 1. The van der Waals surface area contributed by atoms with Gasteiger partial charge in [0, 0.05) is 23.7 Å². The lowest BCUT2D eigenvalue weighted by molar-refractivity contribution is -0.139. The molecule has 27 heavy (non-hydrogen) atoms.